The van der Waals surface area contributed by atoms with Crippen LogP contribution in [0, 0.1) is 5.41 Å². The highest BCUT2D eigenvalue weighted by Crippen LogP contribution is 2.46. The topological polar surface area (TPSA) is 108 Å². The third-order valence-corrected chi connectivity index (χ3v) is 10.4. The second-order valence-corrected chi connectivity index (χ2v) is 15.2. The van der Waals surface area contributed by atoms with Crippen LogP contribution in [-0.2, 0) is 64.4 Å². The van der Waals surface area contributed by atoms with E-state index < -0.39 is 59.3 Å². The lowest BCUT2D eigenvalue weighted by Gasteiger charge is -2.49. The lowest BCUT2D eigenvalue weighted by Crippen LogP contribution is -2.69. The molecule has 0 bridgehead atoms. The fraction of sp³-hybridized carbons (Fsp3) is 0.432. The Hall–Kier alpha value is -3.93. The van der Waals surface area contributed by atoms with E-state index in [0.717, 1.165) is 22.3 Å². The molecule has 0 aromatic heterocycles. The molecule has 8 atom stereocenters. The minimum absolute atomic E-state index is 0.163. The van der Waals surface area contributed by atoms with E-state index in [0.29, 0.717) is 13.2 Å². The molecule has 2 saturated heterocycles. The zero-order chi connectivity index (χ0) is 37.5. The Balaban J connectivity index is 1.38. The quantitative estimate of drug-likeness (QED) is 0.128. The summed E-state index contributed by atoms with van der Waals surface area (Å²) < 4.78 is 46.3. The van der Waals surface area contributed by atoms with Crippen LogP contribution in [0.4, 0.5) is 0 Å². The average Bonchev–Trinajstić information content (AvgIpc) is 3.42. The maximum atomic E-state index is 13.9. The molecule has 2 heterocycles. The van der Waals surface area contributed by atoms with Gasteiger partial charge in [0.2, 0.25) is 5.79 Å². The lowest BCUT2D eigenvalue weighted by atomic mass is 9.83. The van der Waals surface area contributed by atoms with E-state index in [2.05, 4.69) is 0 Å². The van der Waals surface area contributed by atoms with Crippen molar-refractivity contribution in [1.29, 1.82) is 0 Å². The van der Waals surface area contributed by atoms with Gasteiger partial charge in [0.15, 0.2) is 5.60 Å². The molecule has 2 aliphatic rings. The molecule has 9 nitrogen and oxygen atoms in total. The summed E-state index contributed by atoms with van der Waals surface area (Å²) >= 11 is 0. The third-order valence-electron chi connectivity index (χ3n) is 10.4. The molecule has 0 amide bonds. The predicted molar refractivity (Wildman–Crippen MR) is 201 cm³/mol. The highest BCUT2D eigenvalue weighted by atomic mass is 16.8. The minimum Gasteiger partial charge on any atom is -0.431 e. The second-order valence-electron chi connectivity index (χ2n) is 15.2. The maximum Gasteiger partial charge on any atom is 0.342 e. The summed E-state index contributed by atoms with van der Waals surface area (Å²) in [4.78, 5) is 13.9. The van der Waals surface area contributed by atoms with Crippen molar-refractivity contribution in [2.75, 3.05) is 6.61 Å². The number of carbonyl (C=O) groups excluding carboxylic acids is 1. The Labute approximate surface area is 313 Å². The first kappa shape index (κ1) is 38.8. The van der Waals surface area contributed by atoms with Crippen LogP contribution in [0.25, 0.3) is 0 Å². The number of esters is 1. The van der Waals surface area contributed by atoms with Crippen LogP contribution in [0.15, 0.2) is 121 Å². The van der Waals surface area contributed by atoms with E-state index in [-0.39, 0.29) is 19.8 Å². The molecular formula is C44H53NO8. The van der Waals surface area contributed by atoms with Crippen molar-refractivity contribution in [3.8, 4) is 0 Å². The Morgan fingerprint density at radius 3 is 1.49 bits per heavy atom. The monoisotopic (exact) mass is 723 g/mol. The van der Waals surface area contributed by atoms with Crippen LogP contribution < -0.4 is 5.73 Å². The highest BCUT2D eigenvalue weighted by molar-refractivity contribution is 5.82. The second kappa shape index (κ2) is 17.0. The van der Waals surface area contributed by atoms with Crippen molar-refractivity contribution in [2.24, 2.45) is 11.1 Å². The van der Waals surface area contributed by atoms with Gasteiger partial charge in [0.25, 0.3) is 0 Å². The zero-order valence-electron chi connectivity index (χ0n) is 31.4. The number of cyclic esters (lactones) is 1. The van der Waals surface area contributed by atoms with Crippen molar-refractivity contribution in [2.45, 2.75) is 109 Å². The van der Waals surface area contributed by atoms with Gasteiger partial charge in [-0.15, -0.1) is 0 Å². The molecule has 0 spiro atoms. The summed E-state index contributed by atoms with van der Waals surface area (Å²) in [6, 6.07) is 38.7. The molecule has 2 fully saturated rings. The average molecular weight is 724 g/mol. The Morgan fingerprint density at radius 1 is 0.642 bits per heavy atom. The maximum absolute atomic E-state index is 13.9. The number of ether oxygens (including phenoxy) is 7. The van der Waals surface area contributed by atoms with Gasteiger partial charge in [0, 0.05) is 12.3 Å². The van der Waals surface area contributed by atoms with Crippen LogP contribution in [0.3, 0.4) is 0 Å². The summed E-state index contributed by atoms with van der Waals surface area (Å²) in [5.41, 5.74) is 9.04. The van der Waals surface area contributed by atoms with E-state index in [1.165, 1.54) is 0 Å². The van der Waals surface area contributed by atoms with Crippen molar-refractivity contribution in [3.63, 3.8) is 0 Å². The molecular weight excluding hydrogens is 670 g/mol. The van der Waals surface area contributed by atoms with Crippen LogP contribution in [-0.4, -0.2) is 60.5 Å². The SMILES string of the molecule is CC(C)(C)[C@]1(C)OC(=O)[C@@](C)([C@H](N)[C@@H]2O[C@H](COCc3ccccc3)[C@H](OCc3ccccc3)[C@H](OCc3ccccc3)[C@H]2OCc2ccccc2)O1. The normalized spacial score (nSPS) is 28.0. The Kier molecular flexibility index (Phi) is 12.5. The summed E-state index contributed by atoms with van der Waals surface area (Å²) in [6.07, 6.45) is -3.71. The molecule has 0 aliphatic carbocycles. The Bertz CT molecular complexity index is 1720. The summed E-state index contributed by atoms with van der Waals surface area (Å²) in [5, 5.41) is 0. The molecule has 4 aromatic rings. The summed E-state index contributed by atoms with van der Waals surface area (Å²) in [5.74, 6) is -1.79. The van der Waals surface area contributed by atoms with Crippen molar-refractivity contribution in [1.82, 2.24) is 0 Å². The number of nitrogens with two attached hydrogens (primary N) is 1. The first-order valence-electron chi connectivity index (χ1n) is 18.4. The van der Waals surface area contributed by atoms with Gasteiger partial charge in [-0.05, 0) is 29.2 Å². The van der Waals surface area contributed by atoms with Gasteiger partial charge in [-0.25, -0.2) is 4.79 Å². The smallest absolute Gasteiger partial charge is 0.342 e. The standard InChI is InChI=1S/C44H53NO8/c1-42(2,3)44(5)52-41(46)43(4,53-44)40(45)39-38(50-29-34-24-16-9-17-25-34)37(49-28-33-22-14-8-15-23-33)36(48-27-32-20-12-7-13-21-32)35(51-39)30-47-26-31-18-10-6-11-19-31/h6-25,35-40H,26-30,45H2,1-5H3/t35-,36+,37+,38-,39-,40-,43-,44-/m1/s1. The van der Waals surface area contributed by atoms with E-state index in [4.69, 9.17) is 38.9 Å². The van der Waals surface area contributed by atoms with E-state index in [9.17, 15) is 4.79 Å². The molecule has 0 unspecified atom stereocenters. The van der Waals surface area contributed by atoms with Gasteiger partial charge in [-0.1, -0.05) is 142 Å². The fourth-order valence-electron chi connectivity index (χ4n) is 6.68. The molecule has 4 aromatic carbocycles. The van der Waals surface area contributed by atoms with Gasteiger partial charge in [0.1, 0.15) is 30.5 Å². The van der Waals surface area contributed by atoms with E-state index in [1.54, 1.807) is 13.8 Å². The highest BCUT2D eigenvalue weighted by Gasteiger charge is 2.64. The molecule has 6 rings (SSSR count). The fourth-order valence-corrected chi connectivity index (χ4v) is 6.68. The van der Waals surface area contributed by atoms with Gasteiger partial charge >= 0.3 is 5.97 Å². The van der Waals surface area contributed by atoms with Gasteiger partial charge in [0.05, 0.1) is 39.1 Å². The molecule has 2 N–H and O–H groups in total. The largest absolute Gasteiger partial charge is 0.431 e. The van der Waals surface area contributed by atoms with Crippen LogP contribution >= 0.6 is 0 Å². The first-order chi connectivity index (χ1) is 25.5. The summed E-state index contributed by atoms with van der Waals surface area (Å²) in [7, 11) is 0. The van der Waals surface area contributed by atoms with Gasteiger partial charge in [-0.2, -0.15) is 0 Å². The number of rotatable bonds is 15. The van der Waals surface area contributed by atoms with Crippen LogP contribution in [0.2, 0.25) is 0 Å². The van der Waals surface area contributed by atoms with E-state index in [1.807, 2.05) is 142 Å². The zero-order valence-corrected chi connectivity index (χ0v) is 31.4. The number of hydrogen-bond donors (Lipinski definition) is 1. The predicted octanol–water partition coefficient (Wildman–Crippen LogP) is 7.15. The molecule has 0 saturated carbocycles. The molecule has 0 radical (unpaired) electrons. The van der Waals surface area contributed by atoms with Crippen LogP contribution in [0.1, 0.15) is 56.9 Å². The van der Waals surface area contributed by atoms with Crippen molar-refractivity contribution in [3.05, 3.63) is 144 Å². The number of hydrogen-bond acceptors (Lipinski definition) is 9. The molecule has 282 valence electrons. The van der Waals surface area contributed by atoms with Gasteiger partial charge < -0.3 is 38.9 Å². The first-order valence-corrected chi connectivity index (χ1v) is 18.4. The summed E-state index contributed by atoms with van der Waals surface area (Å²) in [6.45, 7) is 10.7. The molecule has 9 heteroatoms. The molecule has 2 aliphatic heterocycles. The van der Waals surface area contributed by atoms with Crippen molar-refractivity contribution >= 4 is 5.97 Å². The Morgan fingerprint density at radius 2 is 1.06 bits per heavy atom. The van der Waals surface area contributed by atoms with Crippen molar-refractivity contribution < 1.29 is 38.0 Å². The lowest BCUT2D eigenvalue weighted by molar-refractivity contribution is -0.288. The number of carbonyl (C=O) groups is 1. The molecule has 53 heavy (non-hydrogen) atoms. The number of benzene rings is 4. The van der Waals surface area contributed by atoms with Crippen LogP contribution in [0.5, 0.6) is 0 Å². The van der Waals surface area contributed by atoms with Gasteiger partial charge in [-0.3, -0.25) is 0 Å². The minimum atomic E-state index is -1.57. The van der Waals surface area contributed by atoms with E-state index >= 15 is 0 Å². The third kappa shape index (κ3) is 9.24.